The number of carbonyl (C=O) groups excluding carboxylic acids is 3. The van der Waals surface area contributed by atoms with Gasteiger partial charge in [0.15, 0.2) is 0 Å². The van der Waals surface area contributed by atoms with Gasteiger partial charge in [-0.25, -0.2) is 4.79 Å². The summed E-state index contributed by atoms with van der Waals surface area (Å²) in [5.41, 5.74) is 0.836. The first-order valence-electron chi connectivity index (χ1n) is 8.49. The molecule has 138 valence electrons. The van der Waals surface area contributed by atoms with Crippen LogP contribution < -0.4 is 16.0 Å². The lowest BCUT2D eigenvalue weighted by Crippen LogP contribution is -2.44. The Balaban J connectivity index is 1.68. The third-order valence-electron chi connectivity index (χ3n) is 4.02. The molecule has 0 saturated carbocycles. The van der Waals surface area contributed by atoms with Crippen molar-refractivity contribution in [2.75, 3.05) is 13.1 Å². The van der Waals surface area contributed by atoms with Gasteiger partial charge in [-0.3, -0.25) is 9.59 Å². The van der Waals surface area contributed by atoms with Gasteiger partial charge in [-0.2, -0.15) is 5.26 Å². The Morgan fingerprint density at radius 1 is 1.35 bits per heavy atom. The van der Waals surface area contributed by atoms with Crippen LogP contribution in [0.25, 0.3) is 0 Å². The predicted molar refractivity (Wildman–Crippen MR) is 92.5 cm³/mol. The maximum Gasteiger partial charge on any atom is 0.407 e. The van der Waals surface area contributed by atoms with Crippen molar-refractivity contribution in [2.24, 2.45) is 5.92 Å². The molecule has 1 aliphatic rings. The van der Waals surface area contributed by atoms with E-state index in [1.54, 1.807) is 0 Å². The van der Waals surface area contributed by atoms with Crippen molar-refractivity contribution >= 4 is 17.9 Å². The average Bonchev–Trinajstić information content (AvgIpc) is 2.66. The Kier molecular flexibility index (Phi) is 7.43. The molecule has 1 fully saturated rings. The van der Waals surface area contributed by atoms with Crippen molar-refractivity contribution in [3.63, 3.8) is 0 Å². The molecular weight excluding hydrogens is 336 g/mol. The Hall–Kier alpha value is -3.08. The zero-order chi connectivity index (χ0) is 18.8. The van der Waals surface area contributed by atoms with Crippen LogP contribution >= 0.6 is 0 Å². The lowest BCUT2D eigenvalue weighted by molar-refractivity contribution is -0.127. The second kappa shape index (κ2) is 10.0. The first kappa shape index (κ1) is 19.2. The minimum Gasteiger partial charge on any atom is -0.445 e. The van der Waals surface area contributed by atoms with E-state index in [2.05, 4.69) is 16.0 Å². The lowest BCUT2D eigenvalue weighted by Gasteiger charge is -2.23. The number of hydrogen-bond donors (Lipinski definition) is 3. The number of benzene rings is 1. The Bertz CT molecular complexity index is 672. The van der Waals surface area contributed by atoms with Gasteiger partial charge in [0.1, 0.15) is 19.2 Å². The van der Waals surface area contributed by atoms with Crippen molar-refractivity contribution in [1.82, 2.24) is 16.0 Å². The van der Waals surface area contributed by atoms with Gasteiger partial charge < -0.3 is 20.7 Å². The van der Waals surface area contributed by atoms with Gasteiger partial charge >= 0.3 is 6.09 Å². The van der Waals surface area contributed by atoms with Crippen LogP contribution in [-0.2, 0) is 20.9 Å². The third kappa shape index (κ3) is 6.43. The normalized spacial score (nSPS) is 17.3. The number of amides is 3. The van der Waals surface area contributed by atoms with Crippen molar-refractivity contribution in [3.8, 4) is 6.07 Å². The third-order valence-corrected chi connectivity index (χ3v) is 4.02. The molecule has 1 aliphatic heterocycles. The number of hydrogen-bond acceptors (Lipinski definition) is 5. The van der Waals surface area contributed by atoms with E-state index in [0.29, 0.717) is 13.0 Å². The summed E-state index contributed by atoms with van der Waals surface area (Å²) in [4.78, 5) is 35.2. The van der Waals surface area contributed by atoms with Crippen LogP contribution in [0.5, 0.6) is 0 Å². The van der Waals surface area contributed by atoms with E-state index in [1.165, 1.54) is 0 Å². The van der Waals surface area contributed by atoms with Crippen LogP contribution in [0.15, 0.2) is 30.3 Å². The lowest BCUT2D eigenvalue weighted by atomic mass is 9.92. The minimum atomic E-state index is -0.779. The maximum absolute atomic E-state index is 11.9. The summed E-state index contributed by atoms with van der Waals surface area (Å²) in [6, 6.07) is 10.4. The zero-order valence-electron chi connectivity index (χ0n) is 14.4. The first-order chi connectivity index (χ1) is 12.6. The van der Waals surface area contributed by atoms with Gasteiger partial charge in [0.25, 0.3) is 0 Å². The number of nitrogens with one attached hydrogen (secondary N) is 3. The molecule has 2 rings (SSSR count). The van der Waals surface area contributed by atoms with Crippen LogP contribution in [-0.4, -0.2) is 37.0 Å². The number of ether oxygens (including phenoxy) is 1. The Morgan fingerprint density at radius 2 is 2.12 bits per heavy atom. The minimum absolute atomic E-state index is 0.0895. The molecule has 1 saturated heterocycles. The van der Waals surface area contributed by atoms with Crippen LogP contribution in [0.3, 0.4) is 0 Å². The monoisotopic (exact) mass is 358 g/mol. The van der Waals surface area contributed by atoms with Crippen molar-refractivity contribution < 1.29 is 19.1 Å². The highest BCUT2D eigenvalue weighted by Crippen LogP contribution is 2.17. The highest BCUT2D eigenvalue weighted by molar-refractivity contribution is 5.83. The number of alkyl carbamates (subject to hydrolysis) is 1. The first-order valence-corrected chi connectivity index (χ1v) is 8.49. The van der Waals surface area contributed by atoms with Gasteiger partial charge in [-0.1, -0.05) is 30.3 Å². The van der Waals surface area contributed by atoms with Crippen molar-refractivity contribution in [2.45, 2.75) is 31.9 Å². The SMILES string of the molecule is N#C[C@H](C[C@@H]1CCCNC1=O)NC(=O)CNC(=O)OCc1ccccc1. The highest BCUT2D eigenvalue weighted by Gasteiger charge is 2.26. The van der Waals surface area contributed by atoms with Gasteiger partial charge in [0, 0.05) is 12.5 Å². The zero-order valence-corrected chi connectivity index (χ0v) is 14.4. The number of nitriles is 1. The summed E-state index contributed by atoms with van der Waals surface area (Å²) in [5, 5.41) is 16.8. The Labute approximate surface area is 151 Å². The highest BCUT2D eigenvalue weighted by atomic mass is 16.5. The second-order valence-electron chi connectivity index (χ2n) is 6.03. The summed E-state index contributed by atoms with van der Waals surface area (Å²) in [6.07, 6.45) is 1.09. The number of piperidine rings is 1. The average molecular weight is 358 g/mol. The van der Waals surface area contributed by atoms with Crippen LogP contribution in [0.2, 0.25) is 0 Å². The standard InChI is InChI=1S/C18H22N4O4/c19-10-15(9-14-7-4-8-20-17(14)24)22-16(23)11-21-18(25)26-12-13-5-2-1-3-6-13/h1-3,5-6,14-15H,4,7-9,11-12H2,(H,20,24)(H,21,25)(H,22,23)/t14-,15-/m0/s1. The number of carbonyl (C=O) groups is 3. The molecule has 2 atom stereocenters. The second-order valence-corrected chi connectivity index (χ2v) is 6.03. The molecule has 0 spiro atoms. The van der Waals surface area contributed by atoms with Crippen LogP contribution in [0.1, 0.15) is 24.8 Å². The molecule has 1 aromatic rings. The van der Waals surface area contributed by atoms with E-state index >= 15 is 0 Å². The molecule has 3 N–H and O–H groups in total. The Morgan fingerprint density at radius 3 is 2.81 bits per heavy atom. The molecule has 0 aliphatic carbocycles. The smallest absolute Gasteiger partial charge is 0.407 e. The molecular formula is C18H22N4O4. The maximum atomic E-state index is 11.9. The fraction of sp³-hybridized carbons (Fsp3) is 0.444. The predicted octanol–water partition coefficient (Wildman–Crippen LogP) is 0.837. The van der Waals surface area contributed by atoms with E-state index in [-0.39, 0.29) is 31.4 Å². The molecule has 8 heteroatoms. The van der Waals surface area contributed by atoms with E-state index in [9.17, 15) is 19.6 Å². The summed E-state index contributed by atoms with van der Waals surface area (Å²) in [5.74, 6) is -0.879. The summed E-state index contributed by atoms with van der Waals surface area (Å²) < 4.78 is 5.00. The van der Waals surface area contributed by atoms with Gasteiger partial charge in [-0.15, -0.1) is 0 Å². The van der Waals surface area contributed by atoms with E-state index in [4.69, 9.17) is 4.74 Å². The van der Waals surface area contributed by atoms with E-state index in [0.717, 1.165) is 12.0 Å². The van der Waals surface area contributed by atoms with Gasteiger partial charge in [0.2, 0.25) is 11.8 Å². The molecule has 0 bridgehead atoms. The molecule has 0 unspecified atom stereocenters. The topological polar surface area (TPSA) is 120 Å². The van der Waals surface area contributed by atoms with Gasteiger partial charge in [-0.05, 0) is 24.8 Å². The molecule has 1 heterocycles. The molecule has 0 radical (unpaired) electrons. The van der Waals surface area contributed by atoms with Crippen molar-refractivity contribution in [1.29, 1.82) is 5.26 Å². The van der Waals surface area contributed by atoms with E-state index in [1.807, 2.05) is 36.4 Å². The molecule has 0 aromatic heterocycles. The molecule has 1 aromatic carbocycles. The number of rotatable bonds is 7. The van der Waals surface area contributed by atoms with Crippen LogP contribution in [0.4, 0.5) is 4.79 Å². The summed E-state index contributed by atoms with van der Waals surface area (Å²) >= 11 is 0. The number of nitrogens with zero attached hydrogens (tertiary/aromatic N) is 1. The van der Waals surface area contributed by atoms with Crippen LogP contribution in [0, 0.1) is 17.2 Å². The summed E-state index contributed by atoms with van der Waals surface area (Å²) in [7, 11) is 0. The van der Waals surface area contributed by atoms with Gasteiger partial charge in [0.05, 0.1) is 6.07 Å². The molecule has 8 nitrogen and oxygen atoms in total. The fourth-order valence-corrected chi connectivity index (χ4v) is 2.66. The van der Waals surface area contributed by atoms with Crippen molar-refractivity contribution in [3.05, 3.63) is 35.9 Å². The quantitative estimate of drug-likeness (QED) is 0.667. The molecule has 3 amide bonds. The molecule has 26 heavy (non-hydrogen) atoms. The fourth-order valence-electron chi connectivity index (χ4n) is 2.66. The van der Waals surface area contributed by atoms with E-state index < -0.39 is 18.0 Å². The summed E-state index contributed by atoms with van der Waals surface area (Å²) in [6.45, 7) is 0.447. The largest absolute Gasteiger partial charge is 0.445 e.